The molecule has 0 aliphatic carbocycles. The second-order valence-corrected chi connectivity index (χ2v) is 1.82. The maximum absolute atomic E-state index is 11.6. The first kappa shape index (κ1) is 7.90. The molecule has 0 unspecified atom stereocenters. The third-order valence-electron chi connectivity index (χ3n) is 0.874. The molecule has 0 N–H and O–H groups in total. The Labute approximate surface area is 60.3 Å². The zero-order chi connectivity index (χ0) is 8.32. The van der Waals surface area contributed by atoms with E-state index in [2.05, 4.69) is 21.5 Å². The Bertz CT molecular complexity index is 220. The van der Waals surface area contributed by atoms with E-state index in [4.69, 9.17) is 0 Å². The van der Waals surface area contributed by atoms with Gasteiger partial charge in [0.1, 0.15) is 0 Å². The van der Waals surface area contributed by atoms with Gasteiger partial charge in [0, 0.05) is 6.07 Å². The first-order valence-corrected chi connectivity index (χ1v) is 2.69. The van der Waals surface area contributed by atoms with E-state index in [0.29, 0.717) is 0 Å². The molecule has 11 heavy (non-hydrogen) atoms. The molecule has 59 valence electrons. The van der Waals surface area contributed by atoms with Crippen LogP contribution in [0.1, 0.15) is 5.69 Å². The van der Waals surface area contributed by atoms with Crippen LogP contribution in [-0.4, -0.2) is 21.6 Å². The molecule has 0 atom stereocenters. The monoisotopic (exact) mass is 162 g/mol. The summed E-state index contributed by atoms with van der Waals surface area (Å²) in [5.41, 5.74) is -0.243. The van der Waals surface area contributed by atoms with E-state index < -0.39 is 12.6 Å². The lowest BCUT2D eigenvalue weighted by molar-refractivity contribution is -0.128. The van der Waals surface area contributed by atoms with Gasteiger partial charge >= 0.3 is 6.18 Å². The minimum atomic E-state index is -4.26. The van der Waals surface area contributed by atoms with Gasteiger partial charge in [-0.2, -0.15) is 13.2 Å². The van der Waals surface area contributed by atoms with Crippen LogP contribution in [0.15, 0.2) is 6.20 Å². The summed E-state index contributed by atoms with van der Waals surface area (Å²) in [6.45, 7) is 0. The molecule has 0 amide bonds. The molecule has 0 bridgehead atoms. The minimum Gasteiger partial charge on any atom is -0.171 e. The van der Waals surface area contributed by atoms with Gasteiger partial charge < -0.3 is 0 Å². The second kappa shape index (κ2) is 2.81. The second-order valence-electron chi connectivity index (χ2n) is 1.82. The van der Waals surface area contributed by atoms with Crippen molar-refractivity contribution in [1.29, 1.82) is 0 Å². The van der Waals surface area contributed by atoms with Gasteiger partial charge in [0.25, 0.3) is 0 Å². The Morgan fingerprint density at radius 3 is 2.64 bits per heavy atom. The summed E-state index contributed by atoms with van der Waals surface area (Å²) in [7, 11) is 0. The van der Waals surface area contributed by atoms with Gasteiger partial charge in [-0.25, -0.2) is 0 Å². The Morgan fingerprint density at radius 2 is 2.18 bits per heavy atom. The maximum Gasteiger partial charge on any atom is 0.394 e. The molecule has 0 aromatic carbocycles. The van der Waals surface area contributed by atoms with Crippen LogP contribution < -0.4 is 0 Å². The van der Waals surface area contributed by atoms with E-state index in [-0.39, 0.29) is 5.69 Å². The zero-order valence-corrected chi connectivity index (χ0v) is 5.26. The third-order valence-corrected chi connectivity index (χ3v) is 0.874. The predicted octanol–water partition coefficient (Wildman–Crippen LogP) is 0.777. The van der Waals surface area contributed by atoms with Crippen molar-refractivity contribution in [3.05, 3.63) is 18.0 Å². The summed E-state index contributed by atoms with van der Waals surface area (Å²) in [4.78, 5) is 0. The molecule has 0 saturated heterocycles. The van der Waals surface area contributed by atoms with Crippen molar-refractivity contribution in [2.24, 2.45) is 0 Å². The number of halogens is 3. The molecular formula is C5H3F3N3. The first-order chi connectivity index (χ1) is 5.08. The fourth-order valence-corrected chi connectivity index (χ4v) is 0.514. The lowest BCUT2D eigenvalue weighted by Gasteiger charge is -2.02. The van der Waals surface area contributed by atoms with E-state index in [9.17, 15) is 13.2 Å². The van der Waals surface area contributed by atoms with Crippen LogP contribution in [0.2, 0.25) is 0 Å². The Morgan fingerprint density at radius 1 is 1.45 bits per heavy atom. The number of rotatable bonds is 1. The van der Waals surface area contributed by atoms with E-state index >= 15 is 0 Å². The van der Waals surface area contributed by atoms with E-state index in [1.807, 2.05) is 0 Å². The summed E-state index contributed by atoms with van der Waals surface area (Å²) in [5.74, 6) is 0. The number of hydrogen-bond donors (Lipinski definition) is 0. The Balaban J connectivity index is 2.66. The summed E-state index contributed by atoms with van der Waals surface area (Å²) in [6, 6.07) is 2.22. The van der Waals surface area contributed by atoms with Gasteiger partial charge in [-0.1, -0.05) is 0 Å². The van der Waals surface area contributed by atoms with Crippen molar-refractivity contribution in [3.63, 3.8) is 0 Å². The minimum absolute atomic E-state index is 0.243. The first-order valence-electron chi connectivity index (χ1n) is 2.69. The standard InChI is InChI=1S/C5H3F3N3/c6-5(7,8)3-4-1-2-9-11-10-4/h2H,3H2. The van der Waals surface area contributed by atoms with Gasteiger partial charge in [-0.15, -0.1) is 10.2 Å². The SMILES string of the molecule is FC(F)(F)Cc1[c]cnnn1. The molecular weight excluding hydrogens is 159 g/mol. The van der Waals surface area contributed by atoms with Crippen LogP contribution in [0.5, 0.6) is 0 Å². The Kier molecular flexibility index (Phi) is 2.02. The quantitative estimate of drug-likeness (QED) is 0.612. The van der Waals surface area contributed by atoms with Gasteiger partial charge in [-0.3, -0.25) is 0 Å². The molecule has 0 aliphatic rings. The van der Waals surface area contributed by atoms with Crippen LogP contribution >= 0.6 is 0 Å². The normalized spacial score (nSPS) is 11.5. The molecule has 0 saturated carbocycles. The maximum atomic E-state index is 11.6. The number of hydrogen-bond acceptors (Lipinski definition) is 3. The zero-order valence-electron chi connectivity index (χ0n) is 5.26. The summed E-state index contributed by atoms with van der Waals surface area (Å²) in [5, 5.41) is 9.36. The van der Waals surface area contributed by atoms with E-state index in [1.54, 1.807) is 0 Å². The summed E-state index contributed by atoms with van der Waals surface area (Å²) in [6.07, 6.45) is -4.32. The molecule has 1 heterocycles. The fourth-order valence-electron chi connectivity index (χ4n) is 0.514. The molecule has 1 radical (unpaired) electrons. The molecule has 1 aromatic rings. The van der Waals surface area contributed by atoms with Crippen LogP contribution in [0.4, 0.5) is 13.2 Å². The molecule has 0 spiro atoms. The lowest BCUT2D eigenvalue weighted by atomic mass is 10.3. The van der Waals surface area contributed by atoms with Crippen molar-refractivity contribution >= 4 is 0 Å². The van der Waals surface area contributed by atoms with E-state index in [0.717, 1.165) is 6.20 Å². The largest absolute Gasteiger partial charge is 0.394 e. The van der Waals surface area contributed by atoms with Crippen molar-refractivity contribution in [3.8, 4) is 0 Å². The van der Waals surface area contributed by atoms with E-state index in [1.165, 1.54) is 0 Å². The third kappa shape index (κ3) is 2.92. The highest BCUT2D eigenvalue weighted by Crippen LogP contribution is 2.18. The number of aromatic nitrogens is 3. The Hall–Kier alpha value is -1.20. The molecule has 6 heteroatoms. The number of alkyl halides is 3. The molecule has 0 aliphatic heterocycles. The van der Waals surface area contributed by atoms with Crippen molar-refractivity contribution < 1.29 is 13.2 Å². The summed E-state index contributed by atoms with van der Waals surface area (Å²) >= 11 is 0. The molecule has 1 aromatic heterocycles. The van der Waals surface area contributed by atoms with Gasteiger partial charge in [-0.05, 0) is 5.21 Å². The average Bonchev–Trinajstić information content (AvgIpc) is 1.85. The smallest absolute Gasteiger partial charge is 0.171 e. The fraction of sp³-hybridized carbons (Fsp3) is 0.400. The van der Waals surface area contributed by atoms with Crippen molar-refractivity contribution in [1.82, 2.24) is 15.4 Å². The average molecular weight is 162 g/mol. The van der Waals surface area contributed by atoms with Crippen molar-refractivity contribution in [2.75, 3.05) is 0 Å². The van der Waals surface area contributed by atoms with Crippen molar-refractivity contribution in [2.45, 2.75) is 12.6 Å². The highest BCUT2D eigenvalue weighted by atomic mass is 19.4. The molecule has 1 rings (SSSR count). The van der Waals surface area contributed by atoms with Gasteiger partial charge in [0.15, 0.2) is 0 Å². The van der Waals surface area contributed by atoms with Crippen LogP contribution in [0, 0.1) is 6.07 Å². The van der Waals surface area contributed by atoms with Crippen LogP contribution in [0.25, 0.3) is 0 Å². The summed E-state index contributed by atoms with van der Waals surface area (Å²) < 4.78 is 34.9. The molecule has 3 nitrogen and oxygen atoms in total. The van der Waals surface area contributed by atoms with Gasteiger partial charge in [0.2, 0.25) is 0 Å². The number of nitrogens with zero attached hydrogens (tertiary/aromatic N) is 3. The van der Waals surface area contributed by atoms with Crippen LogP contribution in [-0.2, 0) is 6.42 Å². The molecule has 0 fully saturated rings. The van der Waals surface area contributed by atoms with Crippen LogP contribution in [0.3, 0.4) is 0 Å². The lowest BCUT2D eigenvalue weighted by Crippen LogP contribution is -2.13. The highest BCUT2D eigenvalue weighted by Gasteiger charge is 2.28. The highest BCUT2D eigenvalue weighted by molar-refractivity contribution is 4.94. The van der Waals surface area contributed by atoms with Gasteiger partial charge in [0.05, 0.1) is 18.3 Å². The topological polar surface area (TPSA) is 38.7 Å². The predicted molar refractivity (Wildman–Crippen MR) is 28.4 cm³/mol.